The lowest BCUT2D eigenvalue weighted by Gasteiger charge is -2.09. The summed E-state index contributed by atoms with van der Waals surface area (Å²) < 4.78 is 0.485. The van der Waals surface area contributed by atoms with Crippen LogP contribution < -0.4 is 32.1 Å². The summed E-state index contributed by atoms with van der Waals surface area (Å²) in [7, 11) is 0. The van der Waals surface area contributed by atoms with Crippen molar-refractivity contribution < 1.29 is 29.4 Å². The Hall–Kier alpha value is -5.67. The Morgan fingerprint density at radius 3 is 2.42 bits per heavy atom. The third-order valence-corrected chi connectivity index (χ3v) is 4.94. The minimum atomic E-state index is -0.961. The minimum absolute atomic E-state index is 0.0513. The van der Waals surface area contributed by atoms with Crippen LogP contribution in [0.1, 0.15) is 16.1 Å². The van der Waals surface area contributed by atoms with Crippen LogP contribution in [0.4, 0.5) is 11.6 Å². The molecule has 2 amide bonds. The van der Waals surface area contributed by atoms with Crippen molar-refractivity contribution in [2.24, 2.45) is 0 Å². The minimum Gasteiger partial charge on any atom is -0.492 e. The van der Waals surface area contributed by atoms with E-state index in [1.54, 1.807) is 12.1 Å². The van der Waals surface area contributed by atoms with Gasteiger partial charge in [-0.25, -0.2) is 14.8 Å². The summed E-state index contributed by atoms with van der Waals surface area (Å²) in [6, 6.07) is 8.56. The van der Waals surface area contributed by atoms with Crippen LogP contribution in [0.5, 0.6) is 11.8 Å². The number of H-pyrrole nitrogens is 1. The van der Waals surface area contributed by atoms with Crippen LogP contribution in [0.15, 0.2) is 47.4 Å². The first-order valence-corrected chi connectivity index (χ1v) is 10.9. The number of benzene rings is 1. The smallest absolute Gasteiger partial charge is 0.352 e. The molecule has 0 aliphatic rings. The van der Waals surface area contributed by atoms with E-state index in [-0.39, 0.29) is 29.2 Å². The number of fused-ring (bicyclic) bond motifs is 1. The molecule has 0 saturated carbocycles. The van der Waals surface area contributed by atoms with Crippen LogP contribution in [-0.2, 0) is 16.1 Å². The molecule has 0 aliphatic carbocycles. The number of aromatic amines is 1. The van der Waals surface area contributed by atoms with Gasteiger partial charge in [0.2, 0.25) is 23.6 Å². The van der Waals surface area contributed by atoms with Gasteiger partial charge in [0.15, 0.2) is 11.2 Å². The molecular formula is C22H21N9O7. The number of nitrogens with two attached hydrogens (primary N) is 1. The van der Waals surface area contributed by atoms with E-state index in [9.17, 15) is 29.4 Å². The Labute approximate surface area is 212 Å². The molecule has 1 aromatic carbocycles. The van der Waals surface area contributed by atoms with Gasteiger partial charge in [0, 0.05) is 23.4 Å². The van der Waals surface area contributed by atoms with E-state index in [0.29, 0.717) is 16.1 Å². The molecule has 3 heterocycles. The zero-order chi connectivity index (χ0) is 27.2. The highest BCUT2D eigenvalue weighted by molar-refractivity contribution is 5.97. The molecule has 16 heteroatoms. The van der Waals surface area contributed by atoms with Crippen molar-refractivity contribution in [2.75, 3.05) is 24.1 Å². The maximum absolute atomic E-state index is 12.3. The van der Waals surface area contributed by atoms with E-state index < -0.39 is 48.2 Å². The first-order valence-electron chi connectivity index (χ1n) is 10.9. The van der Waals surface area contributed by atoms with Crippen molar-refractivity contribution in [1.29, 1.82) is 0 Å². The van der Waals surface area contributed by atoms with E-state index in [0.717, 1.165) is 12.1 Å². The second kappa shape index (κ2) is 10.9. The van der Waals surface area contributed by atoms with Gasteiger partial charge in [0.05, 0.1) is 25.0 Å². The van der Waals surface area contributed by atoms with Crippen LogP contribution in [0.2, 0.25) is 0 Å². The third-order valence-electron chi connectivity index (χ3n) is 4.94. The number of hydrogen-bond donors (Lipinski definition) is 7. The standard InChI is InChI=1S/C22H21N9O7/c23-22-29-19-18(21(37)30-22)28-13(8-26-19)7-24-12-3-1-11(2-4-12)20(36)27-9-14(32)25-10-17(35)38-31-15(33)5-6-16(31)34/h1-6,8,24,33-34H,7,9-10H2,(H,25,32)(H,27,36)(H3,23,26,29,30,37). The highest BCUT2D eigenvalue weighted by Gasteiger charge is 2.14. The zero-order valence-electron chi connectivity index (χ0n) is 19.5. The molecule has 3 aromatic heterocycles. The van der Waals surface area contributed by atoms with Crippen molar-refractivity contribution in [3.8, 4) is 11.8 Å². The van der Waals surface area contributed by atoms with Gasteiger partial charge in [0.1, 0.15) is 6.54 Å². The molecule has 4 aromatic rings. The zero-order valence-corrected chi connectivity index (χ0v) is 19.5. The predicted octanol–water partition coefficient (Wildman–Crippen LogP) is -1.38. The van der Waals surface area contributed by atoms with E-state index in [1.165, 1.54) is 18.3 Å². The summed E-state index contributed by atoms with van der Waals surface area (Å²) in [4.78, 5) is 67.2. The monoisotopic (exact) mass is 523 g/mol. The number of anilines is 2. The van der Waals surface area contributed by atoms with E-state index in [1.807, 2.05) is 0 Å². The van der Waals surface area contributed by atoms with E-state index >= 15 is 0 Å². The van der Waals surface area contributed by atoms with Gasteiger partial charge >= 0.3 is 5.97 Å². The number of nitrogen functional groups attached to an aromatic ring is 1. The molecule has 8 N–H and O–H groups in total. The number of amides is 2. The van der Waals surface area contributed by atoms with Crippen LogP contribution >= 0.6 is 0 Å². The molecule has 0 atom stereocenters. The van der Waals surface area contributed by atoms with Gasteiger partial charge in [-0.15, -0.1) is 4.73 Å². The molecule has 0 unspecified atom stereocenters. The molecule has 16 nitrogen and oxygen atoms in total. The highest BCUT2D eigenvalue weighted by atomic mass is 16.7. The fraction of sp³-hybridized carbons (Fsp3) is 0.136. The van der Waals surface area contributed by atoms with Gasteiger partial charge in [-0.2, -0.15) is 4.98 Å². The largest absolute Gasteiger partial charge is 0.492 e. The van der Waals surface area contributed by atoms with Crippen LogP contribution in [0, 0.1) is 0 Å². The Bertz CT molecular complexity index is 1540. The average Bonchev–Trinajstić information content (AvgIpc) is 3.21. The maximum atomic E-state index is 12.3. The van der Waals surface area contributed by atoms with E-state index in [4.69, 9.17) is 5.73 Å². The van der Waals surface area contributed by atoms with Crippen LogP contribution in [-0.4, -0.2) is 65.8 Å². The molecule has 0 radical (unpaired) electrons. The molecule has 0 spiro atoms. The summed E-state index contributed by atoms with van der Waals surface area (Å²) in [5.41, 5.74) is 6.61. The molecule has 0 bridgehead atoms. The summed E-state index contributed by atoms with van der Waals surface area (Å²) >= 11 is 0. The first-order chi connectivity index (χ1) is 18.2. The van der Waals surface area contributed by atoms with E-state index in [2.05, 4.69) is 40.7 Å². The molecule has 4 rings (SSSR count). The predicted molar refractivity (Wildman–Crippen MR) is 131 cm³/mol. The summed E-state index contributed by atoms with van der Waals surface area (Å²) in [5, 5.41) is 26.6. The van der Waals surface area contributed by atoms with Crippen molar-refractivity contribution in [3.05, 3.63) is 64.2 Å². The molecule has 38 heavy (non-hydrogen) atoms. The van der Waals surface area contributed by atoms with Gasteiger partial charge in [-0.3, -0.25) is 19.4 Å². The number of aromatic nitrogens is 5. The number of nitrogens with one attached hydrogen (secondary N) is 4. The fourth-order valence-corrected chi connectivity index (χ4v) is 3.11. The number of carbonyl (C=O) groups is 3. The van der Waals surface area contributed by atoms with Crippen molar-refractivity contribution in [2.45, 2.75) is 6.54 Å². The number of hydrogen-bond acceptors (Lipinski definition) is 12. The Kier molecular flexibility index (Phi) is 7.32. The summed E-state index contributed by atoms with van der Waals surface area (Å²) in [5.74, 6) is -3.20. The Morgan fingerprint density at radius 2 is 1.71 bits per heavy atom. The Morgan fingerprint density at radius 1 is 1.00 bits per heavy atom. The lowest BCUT2D eigenvalue weighted by atomic mass is 10.2. The third kappa shape index (κ3) is 6.11. The molecule has 0 aliphatic heterocycles. The van der Waals surface area contributed by atoms with Crippen molar-refractivity contribution >= 4 is 40.6 Å². The molecule has 0 saturated heterocycles. The molecular weight excluding hydrogens is 502 g/mol. The fourth-order valence-electron chi connectivity index (χ4n) is 3.11. The molecule has 196 valence electrons. The SMILES string of the molecule is Nc1nc2ncc(CNc3ccc(C(=O)NCC(=O)NCC(=O)On4c(O)ccc4O)cc3)nc2c(=O)[nH]1. The number of carbonyl (C=O) groups excluding carboxylic acids is 3. The second-order valence-corrected chi connectivity index (χ2v) is 7.68. The van der Waals surface area contributed by atoms with Gasteiger partial charge in [-0.1, -0.05) is 0 Å². The normalized spacial score (nSPS) is 10.6. The number of rotatable bonds is 9. The Balaban J connectivity index is 1.22. The maximum Gasteiger partial charge on any atom is 0.352 e. The van der Waals surface area contributed by atoms with Crippen molar-refractivity contribution in [3.63, 3.8) is 0 Å². The average molecular weight is 523 g/mol. The van der Waals surface area contributed by atoms with Gasteiger partial charge in [-0.05, 0) is 24.3 Å². The van der Waals surface area contributed by atoms with Crippen LogP contribution in [0.3, 0.4) is 0 Å². The molecule has 0 fully saturated rings. The van der Waals surface area contributed by atoms with Crippen molar-refractivity contribution in [1.82, 2.24) is 35.3 Å². The quantitative estimate of drug-likeness (QED) is 0.134. The lowest BCUT2D eigenvalue weighted by Crippen LogP contribution is -2.40. The first kappa shape index (κ1) is 25.4. The highest BCUT2D eigenvalue weighted by Crippen LogP contribution is 2.18. The van der Waals surface area contributed by atoms with Crippen LogP contribution in [0.25, 0.3) is 11.2 Å². The van der Waals surface area contributed by atoms with Gasteiger partial charge < -0.3 is 36.7 Å². The summed E-state index contributed by atoms with van der Waals surface area (Å²) in [6.07, 6.45) is 1.46. The number of nitrogens with zero attached hydrogens (tertiary/aromatic N) is 4. The topological polar surface area (TPSA) is 239 Å². The summed E-state index contributed by atoms with van der Waals surface area (Å²) in [6.45, 7) is -0.733. The lowest BCUT2D eigenvalue weighted by molar-refractivity contribution is -0.145. The number of aromatic hydroxyl groups is 2. The van der Waals surface area contributed by atoms with Gasteiger partial charge in [0.25, 0.3) is 11.5 Å². The second-order valence-electron chi connectivity index (χ2n) is 7.68.